The number of pyridine rings is 1. The van der Waals surface area contributed by atoms with Gasteiger partial charge in [0.15, 0.2) is 0 Å². The number of rotatable bonds is 8. The van der Waals surface area contributed by atoms with Crippen molar-refractivity contribution in [2.75, 3.05) is 25.0 Å². The number of amides is 1. The van der Waals surface area contributed by atoms with Gasteiger partial charge in [0.05, 0.1) is 0 Å². The molecule has 1 aliphatic heterocycles. The Morgan fingerprint density at radius 1 is 0.912 bits per heavy atom. The Kier molecular flexibility index (Phi) is 6.00. The minimum Gasteiger partial charge on any atom is -0.325 e. The number of nitrogens with one attached hydrogen (secondary N) is 1. The number of benzene rings is 1. The molecular weight excluding hydrogens is 422 g/mol. The number of likely N-dealkylation sites (tertiary alicyclic amines) is 1. The molecule has 182 valence electrons. The SMILES string of the molecule is O=C(CC12CC3CC(CC(C3)C1)C2)Nc1cccc2c(=O)n(CCCCN3CCCC3)ccc12. The summed E-state index contributed by atoms with van der Waals surface area (Å²) in [6.07, 6.45) is 15.3. The second-order valence-corrected chi connectivity index (χ2v) is 12.0. The quantitative estimate of drug-likeness (QED) is 0.534. The van der Waals surface area contributed by atoms with E-state index in [1.165, 1.54) is 64.5 Å². The van der Waals surface area contributed by atoms with Gasteiger partial charge in [-0.05, 0) is 125 Å². The van der Waals surface area contributed by atoms with E-state index in [0.29, 0.717) is 11.8 Å². The fourth-order valence-electron chi connectivity index (χ4n) is 8.27. The summed E-state index contributed by atoms with van der Waals surface area (Å²) in [5.74, 6) is 2.68. The number of anilines is 1. The average molecular weight is 462 g/mol. The molecule has 1 N–H and O–H groups in total. The first-order chi connectivity index (χ1) is 16.6. The third kappa shape index (κ3) is 4.44. The molecule has 0 radical (unpaired) electrons. The molecule has 4 bridgehead atoms. The lowest BCUT2D eigenvalue weighted by Crippen LogP contribution is -2.47. The summed E-state index contributed by atoms with van der Waals surface area (Å²) >= 11 is 0. The predicted octanol–water partition coefficient (Wildman–Crippen LogP) is 5.42. The number of carbonyl (C=O) groups is 1. The number of aryl methyl sites for hydroxylation is 1. The van der Waals surface area contributed by atoms with Crippen LogP contribution in [0.15, 0.2) is 35.3 Å². The maximum absolute atomic E-state index is 13.2. The number of unbranched alkanes of at least 4 members (excludes halogenated alkanes) is 1. The van der Waals surface area contributed by atoms with E-state index < -0.39 is 0 Å². The van der Waals surface area contributed by atoms with Crippen molar-refractivity contribution < 1.29 is 4.79 Å². The minimum atomic E-state index is 0.0517. The number of hydrogen-bond donors (Lipinski definition) is 1. The topological polar surface area (TPSA) is 54.3 Å². The van der Waals surface area contributed by atoms with Gasteiger partial charge in [0.2, 0.25) is 5.91 Å². The Bertz CT molecular complexity index is 1080. The zero-order valence-electron chi connectivity index (χ0n) is 20.4. The Morgan fingerprint density at radius 3 is 2.29 bits per heavy atom. The van der Waals surface area contributed by atoms with Crippen molar-refractivity contribution in [3.63, 3.8) is 0 Å². The molecule has 0 atom stereocenters. The van der Waals surface area contributed by atoms with Crippen LogP contribution >= 0.6 is 0 Å². The third-order valence-corrected chi connectivity index (χ3v) is 9.32. The van der Waals surface area contributed by atoms with Crippen LogP contribution in [0.1, 0.15) is 70.6 Å². The van der Waals surface area contributed by atoms with Crippen molar-refractivity contribution in [3.8, 4) is 0 Å². The third-order valence-electron chi connectivity index (χ3n) is 9.32. The fourth-order valence-corrected chi connectivity index (χ4v) is 8.27. The Hall–Kier alpha value is -2.14. The van der Waals surface area contributed by atoms with Crippen LogP contribution in [0.4, 0.5) is 5.69 Å². The van der Waals surface area contributed by atoms with Gasteiger partial charge in [-0.1, -0.05) is 6.07 Å². The van der Waals surface area contributed by atoms with Crippen LogP contribution in [-0.2, 0) is 11.3 Å². The second kappa shape index (κ2) is 9.14. The number of nitrogens with zero attached hydrogens (tertiary/aromatic N) is 2. The summed E-state index contributed by atoms with van der Waals surface area (Å²) in [6, 6.07) is 7.76. The van der Waals surface area contributed by atoms with Gasteiger partial charge in [0.25, 0.3) is 5.56 Å². The number of carbonyl (C=O) groups excluding carboxylic acids is 1. The van der Waals surface area contributed by atoms with Gasteiger partial charge in [-0.2, -0.15) is 0 Å². The molecule has 5 heteroatoms. The van der Waals surface area contributed by atoms with Crippen molar-refractivity contribution in [2.24, 2.45) is 23.2 Å². The molecule has 1 aromatic heterocycles. The van der Waals surface area contributed by atoms with Gasteiger partial charge in [-0.25, -0.2) is 0 Å². The van der Waals surface area contributed by atoms with Crippen LogP contribution in [0.2, 0.25) is 0 Å². The first-order valence-corrected chi connectivity index (χ1v) is 13.7. The van der Waals surface area contributed by atoms with Gasteiger partial charge in [0, 0.05) is 35.6 Å². The van der Waals surface area contributed by atoms with E-state index in [4.69, 9.17) is 0 Å². The highest BCUT2D eigenvalue weighted by molar-refractivity contribution is 6.02. The van der Waals surface area contributed by atoms with E-state index in [2.05, 4.69) is 10.2 Å². The van der Waals surface area contributed by atoms with E-state index in [9.17, 15) is 9.59 Å². The fraction of sp³-hybridized carbons (Fsp3) is 0.655. The number of hydrogen-bond acceptors (Lipinski definition) is 3. The van der Waals surface area contributed by atoms with E-state index in [1.54, 1.807) is 0 Å². The molecule has 4 saturated carbocycles. The Morgan fingerprint density at radius 2 is 1.59 bits per heavy atom. The molecule has 5 nitrogen and oxygen atoms in total. The maximum atomic E-state index is 13.2. The molecule has 0 spiro atoms. The summed E-state index contributed by atoms with van der Waals surface area (Å²) in [5, 5.41) is 4.76. The first-order valence-electron chi connectivity index (χ1n) is 13.7. The van der Waals surface area contributed by atoms with Crippen LogP contribution in [0.5, 0.6) is 0 Å². The predicted molar refractivity (Wildman–Crippen MR) is 137 cm³/mol. The van der Waals surface area contributed by atoms with Gasteiger partial charge < -0.3 is 14.8 Å². The molecule has 5 aliphatic rings. The summed E-state index contributed by atoms with van der Waals surface area (Å²) in [7, 11) is 0. The molecule has 2 aromatic rings. The Balaban J connectivity index is 1.11. The van der Waals surface area contributed by atoms with Crippen LogP contribution in [0.25, 0.3) is 10.8 Å². The summed E-state index contributed by atoms with van der Waals surface area (Å²) in [6.45, 7) is 4.36. The smallest absolute Gasteiger partial charge is 0.258 e. The lowest BCUT2D eigenvalue weighted by Gasteiger charge is -2.56. The van der Waals surface area contributed by atoms with Crippen molar-refractivity contribution in [3.05, 3.63) is 40.8 Å². The summed E-state index contributed by atoms with van der Waals surface area (Å²) < 4.78 is 1.84. The van der Waals surface area contributed by atoms with E-state index in [0.717, 1.165) is 54.8 Å². The van der Waals surface area contributed by atoms with E-state index in [-0.39, 0.29) is 16.9 Å². The van der Waals surface area contributed by atoms with Crippen molar-refractivity contribution >= 4 is 22.4 Å². The van der Waals surface area contributed by atoms with Crippen LogP contribution in [-0.4, -0.2) is 35.0 Å². The zero-order valence-corrected chi connectivity index (χ0v) is 20.4. The molecule has 1 aromatic carbocycles. The molecule has 34 heavy (non-hydrogen) atoms. The zero-order chi connectivity index (χ0) is 23.1. The lowest BCUT2D eigenvalue weighted by atomic mass is 9.49. The highest BCUT2D eigenvalue weighted by Crippen LogP contribution is 2.61. The largest absolute Gasteiger partial charge is 0.325 e. The minimum absolute atomic E-state index is 0.0517. The van der Waals surface area contributed by atoms with Gasteiger partial charge in [-0.3, -0.25) is 9.59 Å². The molecule has 2 heterocycles. The van der Waals surface area contributed by atoms with E-state index >= 15 is 0 Å². The van der Waals surface area contributed by atoms with Crippen molar-refractivity contribution in [1.29, 1.82) is 0 Å². The highest BCUT2D eigenvalue weighted by Gasteiger charge is 2.51. The van der Waals surface area contributed by atoms with Gasteiger partial charge in [-0.15, -0.1) is 0 Å². The van der Waals surface area contributed by atoms with Crippen molar-refractivity contribution in [1.82, 2.24) is 9.47 Å². The molecular formula is C29H39N3O2. The number of fused-ring (bicyclic) bond motifs is 1. The summed E-state index contributed by atoms with van der Waals surface area (Å²) in [5.41, 5.74) is 1.06. The Labute approximate surface area is 202 Å². The van der Waals surface area contributed by atoms with Crippen molar-refractivity contribution in [2.45, 2.75) is 77.2 Å². The van der Waals surface area contributed by atoms with Gasteiger partial charge in [0.1, 0.15) is 0 Å². The molecule has 5 fully saturated rings. The monoisotopic (exact) mass is 461 g/mol. The van der Waals surface area contributed by atoms with Crippen LogP contribution in [0.3, 0.4) is 0 Å². The normalized spacial score (nSPS) is 30.3. The standard InChI is InChI=1S/C29H39N3O2/c33-27(20-29-17-21-14-22(18-29)16-23(15-21)19-29)30-26-7-5-6-25-24(26)8-13-32(28(25)34)12-4-3-11-31-9-1-2-10-31/h5-8,13,21-23H,1-4,9-12,14-20H2,(H,30,33). The lowest BCUT2D eigenvalue weighted by molar-refractivity contribution is -0.124. The molecule has 0 unspecified atom stereocenters. The summed E-state index contributed by atoms with van der Waals surface area (Å²) in [4.78, 5) is 28.9. The second-order valence-electron chi connectivity index (χ2n) is 12.0. The maximum Gasteiger partial charge on any atom is 0.258 e. The van der Waals surface area contributed by atoms with Crippen LogP contribution < -0.4 is 10.9 Å². The van der Waals surface area contributed by atoms with Crippen LogP contribution in [0, 0.1) is 23.2 Å². The average Bonchev–Trinajstić information content (AvgIpc) is 3.31. The highest BCUT2D eigenvalue weighted by atomic mass is 16.1. The first kappa shape index (κ1) is 22.3. The van der Waals surface area contributed by atoms with E-state index in [1.807, 2.05) is 35.0 Å². The molecule has 7 rings (SSSR count). The van der Waals surface area contributed by atoms with Gasteiger partial charge >= 0.3 is 0 Å². The number of aromatic nitrogens is 1. The molecule has 4 aliphatic carbocycles. The molecule has 1 amide bonds. The molecule has 1 saturated heterocycles.